The normalized spacial score (nSPS) is 14.9. The van der Waals surface area contributed by atoms with E-state index in [1.165, 1.54) is 5.56 Å². The van der Waals surface area contributed by atoms with Gasteiger partial charge in [-0.3, -0.25) is 0 Å². The number of aliphatic hydroxyl groups is 1. The van der Waals surface area contributed by atoms with Crippen LogP contribution in [-0.4, -0.2) is 42.4 Å². The van der Waals surface area contributed by atoms with Crippen LogP contribution in [0.3, 0.4) is 0 Å². The predicted molar refractivity (Wildman–Crippen MR) is 152 cm³/mol. The molecule has 0 bridgehead atoms. The molecule has 0 spiro atoms. The summed E-state index contributed by atoms with van der Waals surface area (Å²) in [6, 6.07) is 20.3. The molecule has 3 N–H and O–H groups in total. The van der Waals surface area contributed by atoms with Crippen LogP contribution in [0.2, 0.25) is 0 Å². The molecule has 1 unspecified atom stereocenters. The number of nitrogens with zero attached hydrogens (tertiary/aromatic N) is 1. The van der Waals surface area contributed by atoms with Crippen LogP contribution in [0.5, 0.6) is 17.2 Å². The Balaban J connectivity index is 0.00000228. The summed E-state index contributed by atoms with van der Waals surface area (Å²) in [5, 5.41) is 10.6. The van der Waals surface area contributed by atoms with E-state index in [-0.39, 0.29) is 31.4 Å². The van der Waals surface area contributed by atoms with Gasteiger partial charge >= 0.3 is 0 Å². The van der Waals surface area contributed by atoms with Gasteiger partial charge in [-0.15, -0.1) is 24.8 Å². The summed E-state index contributed by atoms with van der Waals surface area (Å²) in [6.45, 7) is 8.88. The highest BCUT2D eigenvalue weighted by molar-refractivity contribution is 5.85. The summed E-state index contributed by atoms with van der Waals surface area (Å²) in [4.78, 5) is 2.34. The van der Waals surface area contributed by atoms with E-state index in [9.17, 15) is 5.11 Å². The zero-order valence-corrected chi connectivity index (χ0v) is 22.9. The Morgan fingerprint density at radius 2 is 1.53 bits per heavy atom. The predicted octanol–water partition coefficient (Wildman–Crippen LogP) is 6.45. The summed E-state index contributed by atoms with van der Waals surface area (Å²) in [6.07, 6.45) is 1.64. The second kappa shape index (κ2) is 13.8. The molecule has 1 fully saturated rings. The lowest BCUT2D eigenvalue weighted by molar-refractivity contribution is 0.0590. The fraction of sp³-hybridized carbons (Fsp3) is 0.379. The van der Waals surface area contributed by atoms with Crippen molar-refractivity contribution < 1.29 is 14.6 Å². The van der Waals surface area contributed by atoms with Crippen LogP contribution in [0.4, 0.5) is 5.69 Å². The van der Waals surface area contributed by atoms with Crippen LogP contribution in [-0.2, 0) is 0 Å². The quantitative estimate of drug-likeness (QED) is 0.326. The van der Waals surface area contributed by atoms with Gasteiger partial charge in [0.1, 0.15) is 30.0 Å². The Morgan fingerprint density at radius 1 is 0.917 bits per heavy atom. The van der Waals surface area contributed by atoms with E-state index < -0.39 is 6.10 Å². The number of likely N-dealkylation sites (tertiary alicyclic amines) is 1. The number of halogens is 2. The second-order valence-corrected chi connectivity index (χ2v) is 9.39. The third kappa shape index (κ3) is 7.53. The Bertz CT molecular complexity index is 1090. The number of aryl methyl sites for hydroxylation is 1. The number of piperidine rings is 1. The number of aliphatic hydroxyl groups excluding tert-OH is 1. The average Bonchev–Trinajstić information content (AvgIpc) is 2.84. The van der Waals surface area contributed by atoms with Crippen LogP contribution < -0.4 is 15.2 Å². The minimum absolute atomic E-state index is 0. The molecule has 3 aromatic carbocycles. The Labute approximate surface area is 227 Å². The lowest BCUT2D eigenvalue weighted by Crippen LogP contribution is -2.40. The van der Waals surface area contributed by atoms with Crippen molar-refractivity contribution in [1.29, 1.82) is 0 Å². The van der Waals surface area contributed by atoms with Gasteiger partial charge in [0.15, 0.2) is 0 Å². The van der Waals surface area contributed by atoms with Gasteiger partial charge in [-0.05, 0) is 105 Å². The molecule has 1 heterocycles. The number of hydrogen-bond donors (Lipinski definition) is 2. The molecule has 0 radical (unpaired) electrons. The van der Waals surface area contributed by atoms with Crippen LogP contribution in [0.15, 0.2) is 60.7 Å². The summed E-state index contributed by atoms with van der Waals surface area (Å²) >= 11 is 0. The van der Waals surface area contributed by atoms with Gasteiger partial charge in [0.25, 0.3) is 0 Å². The number of nitrogen functional groups attached to an aromatic ring is 1. The smallest absolute Gasteiger partial charge is 0.127 e. The van der Waals surface area contributed by atoms with Gasteiger partial charge in [-0.25, -0.2) is 0 Å². The minimum atomic E-state index is -0.525. The van der Waals surface area contributed by atoms with Crippen LogP contribution >= 0.6 is 24.8 Å². The van der Waals surface area contributed by atoms with Crippen molar-refractivity contribution in [3.63, 3.8) is 0 Å². The highest BCUT2D eigenvalue weighted by Crippen LogP contribution is 2.32. The first kappa shape index (κ1) is 29.8. The SMILES string of the molecule is Cc1cc(N)c(C)c(C)c1OCC(O)CN1CCC(c2ccc(Oc3ccccc3)cc2)CC1.Cl.Cl. The number of para-hydroxylation sites is 1. The minimum Gasteiger partial charge on any atom is -0.490 e. The Morgan fingerprint density at radius 3 is 2.17 bits per heavy atom. The fourth-order valence-electron chi connectivity index (χ4n) is 4.72. The highest BCUT2D eigenvalue weighted by atomic mass is 35.5. The molecule has 196 valence electrons. The summed E-state index contributed by atoms with van der Waals surface area (Å²) in [5.41, 5.74) is 11.3. The average molecular weight is 534 g/mol. The molecule has 1 saturated heterocycles. The van der Waals surface area contributed by atoms with E-state index in [1.54, 1.807) is 0 Å². The maximum atomic E-state index is 10.6. The van der Waals surface area contributed by atoms with E-state index in [0.717, 1.165) is 65.6 Å². The molecule has 0 amide bonds. The standard InChI is InChI=1S/C29H36N2O3.2ClH/c1-20-17-28(30)21(2)22(3)29(20)33-19-25(32)18-31-15-13-24(14-16-31)23-9-11-27(12-10-23)34-26-7-5-4-6-8-26;;/h4-12,17,24-25,32H,13-16,18-19,30H2,1-3H3;2*1H. The lowest BCUT2D eigenvalue weighted by Gasteiger charge is -2.33. The lowest BCUT2D eigenvalue weighted by atomic mass is 9.89. The second-order valence-electron chi connectivity index (χ2n) is 9.39. The molecule has 0 aliphatic carbocycles. The monoisotopic (exact) mass is 532 g/mol. The molecule has 7 heteroatoms. The third-order valence-electron chi connectivity index (χ3n) is 6.87. The van der Waals surface area contributed by atoms with Crippen molar-refractivity contribution in [3.05, 3.63) is 82.9 Å². The van der Waals surface area contributed by atoms with Crippen molar-refractivity contribution in [2.45, 2.75) is 45.6 Å². The first-order chi connectivity index (χ1) is 16.4. The van der Waals surface area contributed by atoms with Crippen LogP contribution in [0.1, 0.15) is 41.0 Å². The first-order valence-electron chi connectivity index (χ1n) is 12.1. The molecule has 0 saturated carbocycles. The van der Waals surface area contributed by atoms with E-state index >= 15 is 0 Å². The van der Waals surface area contributed by atoms with Crippen molar-refractivity contribution in [3.8, 4) is 17.2 Å². The molecule has 0 aromatic heterocycles. The molecular weight excluding hydrogens is 495 g/mol. The van der Waals surface area contributed by atoms with Gasteiger partial charge in [-0.1, -0.05) is 30.3 Å². The molecule has 1 aliphatic rings. The summed E-state index contributed by atoms with van der Waals surface area (Å²) < 4.78 is 11.9. The number of ether oxygens (including phenoxy) is 2. The topological polar surface area (TPSA) is 68.0 Å². The maximum Gasteiger partial charge on any atom is 0.127 e. The highest BCUT2D eigenvalue weighted by Gasteiger charge is 2.23. The number of benzene rings is 3. The number of β-amino-alcohol motifs (C(OH)–C–C–N with tert-alkyl or cyclic N) is 1. The van der Waals surface area contributed by atoms with E-state index in [4.69, 9.17) is 15.2 Å². The van der Waals surface area contributed by atoms with Crippen molar-refractivity contribution in [2.75, 3.05) is 32.0 Å². The molecule has 1 aliphatic heterocycles. The van der Waals surface area contributed by atoms with Gasteiger partial charge in [0.05, 0.1) is 0 Å². The number of anilines is 1. The number of rotatable bonds is 8. The van der Waals surface area contributed by atoms with Gasteiger partial charge in [0, 0.05) is 12.2 Å². The van der Waals surface area contributed by atoms with Gasteiger partial charge in [-0.2, -0.15) is 0 Å². The third-order valence-corrected chi connectivity index (χ3v) is 6.87. The van der Waals surface area contributed by atoms with Crippen LogP contribution in [0.25, 0.3) is 0 Å². The molecule has 3 aromatic rings. The fourth-order valence-corrected chi connectivity index (χ4v) is 4.72. The summed E-state index contributed by atoms with van der Waals surface area (Å²) in [7, 11) is 0. The zero-order valence-electron chi connectivity index (χ0n) is 21.3. The Hall–Kier alpha value is -2.44. The zero-order chi connectivity index (χ0) is 24.1. The van der Waals surface area contributed by atoms with Crippen LogP contribution in [0, 0.1) is 20.8 Å². The van der Waals surface area contributed by atoms with Gasteiger partial charge < -0.3 is 25.2 Å². The molecular formula is C29H38Cl2N2O3. The Kier molecular flexibility index (Phi) is 11.4. The van der Waals surface area contributed by atoms with Crippen molar-refractivity contribution in [1.82, 2.24) is 4.90 Å². The number of nitrogens with two attached hydrogens (primary N) is 1. The molecule has 5 nitrogen and oxygen atoms in total. The van der Waals surface area contributed by atoms with E-state index in [2.05, 4.69) is 29.2 Å². The van der Waals surface area contributed by atoms with E-state index in [0.29, 0.717) is 12.5 Å². The summed E-state index contributed by atoms with van der Waals surface area (Å²) in [5.74, 6) is 3.09. The van der Waals surface area contributed by atoms with E-state index in [1.807, 2.05) is 57.2 Å². The number of hydrogen-bond acceptors (Lipinski definition) is 5. The largest absolute Gasteiger partial charge is 0.490 e. The molecule has 1 atom stereocenters. The van der Waals surface area contributed by atoms with Crippen molar-refractivity contribution >= 4 is 30.5 Å². The van der Waals surface area contributed by atoms with Gasteiger partial charge in [0.2, 0.25) is 0 Å². The molecule has 4 rings (SSSR count). The maximum absolute atomic E-state index is 10.6. The first-order valence-corrected chi connectivity index (χ1v) is 12.1. The van der Waals surface area contributed by atoms with Crippen molar-refractivity contribution in [2.24, 2.45) is 0 Å². The molecule has 36 heavy (non-hydrogen) atoms.